The highest BCUT2D eigenvalue weighted by atomic mass is 19.1. The van der Waals surface area contributed by atoms with Crippen LogP contribution in [0.25, 0.3) is 0 Å². The van der Waals surface area contributed by atoms with E-state index in [9.17, 15) is 9.18 Å². The van der Waals surface area contributed by atoms with E-state index in [4.69, 9.17) is 14.2 Å². The van der Waals surface area contributed by atoms with Gasteiger partial charge in [0, 0.05) is 31.1 Å². The van der Waals surface area contributed by atoms with Crippen LogP contribution in [-0.4, -0.2) is 38.9 Å². The minimum Gasteiger partial charge on any atom is -0.491 e. The van der Waals surface area contributed by atoms with Crippen molar-refractivity contribution >= 4 is 11.6 Å². The molecule has 6 heteroatoms. The van der Waals surface area contributed by atoms with E-state index in [0.717, 1.165) is 0 Å². The lowest BCUT2D eigenvalue weighted by atomic mass is 9.73. The van der Waals surface area contributed by atoms with E-state index in [0.29, 0.717) is 62.9 Å². The predicted molar refractivity (Wildman–Crippen MR) is 105 cm³/mol. The minimum atomic E-state index is -0.934. The van der Waals surface area contributed by atoms with Gasteiger partial charge in [-0.3, -0.25) is 4.79 Å². The molecule has 1 aliphatic heterocycles. The van der Waals surface area contributed by atoms with Gasteiger partial charge in [0.1, 0.15) is 18.2 Å². The Morgan fingerprint density at radius 1 is 1.11 bits per heavy atom. The molecule has 1 fully saturated rings. The van der Waals surface area contributed by atoms with Gasteiger partial charge in [-0.1, -0.05) is 18.2 Å². The zero-order valence-corrected chi connectivity index (χ0v) is 16.1. The fraction of sp³-hybridized carbons (Fsp3) is 0.409. The number of benzene rings is 2. The van der Waals surface area contributed by atoms with Crippen LogP contribution in [0.4, 0.5) is 10.1 Å². The van der Waals surface area contributed by atoms with Crippen LogP contribution in [0.3, 0.4) is 0 Å². The maximum atomic E-state index is 14.5. The molecule has 0 saturated carbocycles. The van der Waals surface area contributed by atoms with Crippen LogP contribution in [0.5, 0.6) is 5.75 Å². The van der Waals surface area contributed by atoms with E-state index in [1.165, 1.54) is 6.07 Å². The van der Waals surface area contributed by atoms with Gasteiger partial charge >= 0.3 is 0 Å². The Hall–Kier alpha value is -2.44. The lowest BCUT2D eigenvalue weighted by molar-refractivity contribution is -0.125. The molecule has 150 valence electrons. The van der Waals surface area contributed by atoms with Crippen molar-refractivity contribution in [2.75, 3.05) is 38.4 Å². The lowest BCUT2D eigenvalue weighted by Gasteiger charge is -2.36. The average Bonchev–Trinajstić information content (AvgIpc) is 2.73. The number of carbonyl (C=O) groups is 1. The largest absolute Gasteiger partial charge is 0.491 e. The molecule has 1 amide bonds. The molecule has 2 aromatic rings. The van der Waals surface area contributed by atoms with Gasteiger partial charge < -0.3 is 19.5 Å². The van der Waals surface area contributed by atoms with Crippen LogP contribution < -0.4 is 10.1 Å². The quantitative estimate of drug-likeness (QED) is 0.698. The van der Waals surface area contributed by atoms with Crippen molar-refractivity contribution in [1.29, 1.82) is 0 Å². The summed E-state index contributed by atoms with van der Waals surface area (Å²) < 4.78 is 30.7. The van der Waals surface area contributed by atoms with Crippen molar-refractivity contribution in [3.05, 3.63) is 59.9 Å². The highest BCUT2D eigenvalue weighted by Gasteiger charge is 2.43. The van der Waals surface area contributed by atoms with E-state index >= 15 is 0 Å². The maximum Gasteiger partial charge on any atom is 0.235 e. The number of amides is 1. The summed E-state index contributed by atoms with van der Waals surface area (Å²) in [6.07, 6.45) is 0.886. The fourth-order valence-corrected chi connectivity index (χ4v) is 3.44. The summed E-state index contributed by atoms with van der Waals surface area (Å²) in [6, 6.07) is 13.6. The van der Waals surface area contributed by atoms with Crippen molar-refractivity contribution < 1.29 is 23.4 Å². The third-order valence-corrected chi connectivity index (χ3v) is 4.98. The van der Waals surface area contributed by atoms with Crippen LogP contribution in [0.1, 0.15) is 25.3 Å². The summed E-state index contributed by atoms with van der Waals surface area (Å²) in [5, 5.41) is 2.94. The molecule has 3 rings (SSSR count). The van der Waals surface area contributed by atoms with Gasteiger partial charge in [-0.05, 0) is 50.1 Å². The van der Waals surface area contributed by atoms with Crippen molar-refractivity contribution in [3.8, 4) is 5.75 Å². The molecule has 0 radical (unpaired) electrons. The molecule has 0 aliphatic carbocycles. The first-order valence-electron chi connectivity index (χ1n) is 9.60. The molecule has 0 bridgehead atoms. The molecule has 0 atom stereocenters. The van der Waals surface area contributed by atoms with E-state index in [-0.39, 0.29) is 11.7 Å². The molecule has 28 heavy (non-hydrogen) atoms. The lowest BCUT2D eigenvalue weighted by Crippen LogP contribution is -2.45. The third kappa shape index (κ3) is 4.69. The summed E-state index contributed by atoms with van der Waals surface area (Å²) in [5.74, 6) is 0.121. The molecule has 5 nitrogen and oxygen atoms in total. The molecule has 1 saturated heterocycles. The summed E-state index contributed by atoms with van der Waals surface area (Å²) in [5.41, 5.74) is 0.132. The van der Waals surface area contributed by atoms with Gasteiger partial charge in [0.25, 0.3) is 0 Å². The Balaban J connectivity index is 1.71. The van der Waals surface area contributed by atoms with Crippen LogP contribution in [-0.2, 0) is 19.7 Å². The van der Waals surface area contributed by atoms with Gasteiger partial charge in [-0.25, -0.2) is 4.39 Å². The average molecular weight is 387 g/mol. The first-order valence-corrected chi connectivity index (χ1v) is 9.60. The molecule has 1 aliphatic rings. The third-order valence-electron chi connectivity index (χ3n) is 4.98. The molecular formula is C22H26FNO4. The Kier molecular flexibility index (Phi) is 7.01. The second kappa shape index (κ2) is 9.66. The van der Waals surface area contributed by atoms with E-state index in [1.807, 2.05) is 6.92 Å². The van der Waals surface area contributed by atoms with Crippen molar-refractivity contribution in [2.45, 2.75) is 25.2 Å². The number of nitrogens with one attached hydrogen (secondary N) is 1. The zero-order chi connectivity index (χ0) is 19.8. The fourth-order valence-electron chi connectivity index (χ4n) is 3.44. The van der Waals surface area contributed by atoms with Crippen molar-refractivity contribution in [1.82, 2.24) is 0 Å². The summed E-state index contributed by atoms with van der Waals surface area (Å²) in [6.45, 7) is 4.44. The summed E-state index contributed by atoms with van der Waals surface area (Å²) >= 11 is 0. The molecule has 0 spiro atoms. The second-order valence-electron chi connectivity index (χ2n) is 6.70. The minimum absolute atomic E-state index is 0.217. The Morgan fingerprint density at radius 2 is 1.82 bits per heavy atom. The van der Waals surface area contributed by atoms with Gasteiger partial charge in [0.15, 0.2) is 0 Å². The van der Waals surface area contributed by atoms with E-state index in [2.05, 4.69) is 5.32 Å². The predicted octanol–water partition coefficient (Wildman–Crippen LogP) is 3.93. The highest BCUT2D eigenvalue weighted by Crippen LogP contribution is 2.37. The second-order valence-corrected chi connectivity index (χ2v) is 6.70. The summed E-state index contributed by atoms with van der Waals surface area (Å²) in [7, 11) is 0. The van der Waals surface area contributed by atoms with Crippen LogP contribution >= 0.6 is 0 Å². The SMILES string of the molecule is CCOCCOc1ccc(NC(=O)C2(c3ccccc3F)CCOCC2)cc1. The number of rotatable bonds is 8. The summed E-state index contributed by atoms with van der Waals surface area (Å²) in [4.78, 5) is 13.2. The number of anilines is 1. The number of ether oxygens (including phenoxy) is 3. The van der Waals surface area contributed by atoms with Crippen molar-refractivity contribution in [3.63, 3.8) is 0 Å². The normalized spacial score (nSPS) is 15.8. The monoisotopic (exact) mass is 387 g/mol. The van der Waals surface area contributed by atoms with E-state index < -0.39 is 5.41 Å². The number of carbonyl (C=O) groups excluding carboxylic acids is 1. The van der Waals surface area contributed by atoms with Gasteiger partial charge in [0.05, 0.1) is 12.0 Å². The first kappa shape index (κ1) is 20.3. The Morgan fingerprint density at radius 3 is 2.50 bits per heavy atom. The van der Waals surface area contributed by atoms with Crippen LogP contribution in [0, 0.1) is 5.82 Å². The van der Waals surface area contributed by atoms with Crippen LogP contribution in [0.15, 0.2) is 48.5 Å². The topological polar surface area (TPSA) is 56.8 Å². The highest BCUT2D eigenvalue weighted by molar-refractivity contribution is 5.99. The Bertz CT molecular complexity index is 772. The molecule has 1 N–H and O–H groups in total. The number of hydrogen-bond donors (Lipinski definition) is 1. The van der Waals surface area contributed by atoms with Gasteiger partial charge in [-0.15, -0.1) is 0 Å². The number of halogens is 1. The maximum absolute atomic E-state index is 14.5. The van der Waals surface area contributed by atoms with Gasteiger partial charge in [-0.2, -0.15) is 0 Å². The molecule has 0 aromatic heterocycles. The van der Waals surface area contributed by atoms with Crippen LogP contribution in [0.2, 0.25) is 0 Å². The zero-order valence-electron chi connectivity index (χ0n) is 16.1. The Labute approximate surface area is 164 Å². The molecule has 2 aromatic carbocycles. The van der Waals surface area contributed by atoms with Gasteiger partial charge in [0.2, 0.25) is 5.91 Å². The molecule has 0 unspecified atom stereocenters. The van der Waals surface area contributed by atoms with Crippen molar-refractivity contribution in [2.24, 2.45) is 0 Å². The molecular weight excluding hydrogens is 361 g/mol. The first-order chi connectivity index (χ1) is 13.7. The number of hydrogen-bond acceptors (Lipinski definition) is 4. The van der Waals surface area contributed by atoms with E-state index in [1.54, 1.807) is 42.5 Å². The smallest absolute Gasteiger partial charge is 0.235 e. The standard InChI is InChI=1S/C22H26FNO4/c1-2-26-15-16-28-18-9-7-17(8-10-18)24-21(25)22(11-13-27-14-12-22)19-5-3-4-6-20(19)23/h3-10H,2,11-16H2,1H3,(H,24,25). The molecule has 1 heterocycles.